The zero-order valence-electron chi connectivity index (χ0n) is 3.12. The normalized spacial score (nSPS) is 9.14. The summed E-state index contributed by atoms with van der Waals surface area (Å²) in [5, 5.41) is 6.99. The molecule has 1 aromatic rings. The molecule has 0 aliphatic rings. The van der Waals surface area contributed by atoms with Gasteiger partial charge in [-0.1, -0.05) is 11.3 Å². The summed E-state index contributed by atoms with van der Waals surface area (Å²) in [6.07, 6.45) is 0. The molecular weight excluding hydrogens is 148 g/mol. The van der Waals surface area contributed by atoms with E-state index in [9.17, 15) is 0 Å². The SMILES string of the molecule is [S]c1nnc([S])s1. The van der Waals surface area contributed by atoms with E-state index in [0.29, 0.717) is 8.68 Å². The van der Waals surface area contributed by atoms with Crippen molar-refractivity contribution in [1.82, 2.24) is 10.2 Å². The standard InChI is InChI=1S/C2N2S3/c5-1-3-4-2(6)7-1. The zero-order chi connectivity index (χ0) is 5.28. The maximum atomic E-state index is 4.61. The molecule has 7 heavy (non-hydrogen) atoms. The maximum Gasteiger partial charge on any atom is 0.205 e. The van der Waals surface area contributed by atoms with E-state index in [2.05, 4.69) is 35.5 Å². The van der Waals surface area contributed by atoms with Crippen LogP contribution in [0, 0.1) is 0 Å². The third-order valence-electron chi connectivity index (χ3n) is 0.388. The first-order chi connectivity index (χ1) is 3.29. The number of rotatable bonds is 0. The van der Waals surface area contributed by atoms with Crippen molar-refractivity contribution in [3.05, 3.63) is 0 Å². The van der Waals surface area contributed by atoms with Gasteiger partial charge in [-0.2, -0.15) is 0 Å². The predicted octanol–water partition coefficient (Wildman–Crippen LogP) is 1.65. The van der Waals surface area contributed by atoms with Gasteiger partial charge in [-0.25, -0.2) is 0 Å². The summed E-state index contributed by atoms with van der Waals surface area (Å²) in [4.78, 5) is 0. The van der Waals surface area contributed by atoms with Crippen LogP contribution in [0.4, 0.5) is 0 Å². The maximum absolute atomic E-state index is 4.61. The molecule has 2 nitrogen and oxygen atoms in total. The van der Waals surface area contributed by atoms with Gasteiger partial charge in [-0.3, -0.25) is 0 Å². The monoisotopic (exact) mass is 148 g/mol. The molecule has 1 heterocycles. The molecule has 0 fully saturated rings. The Bertz CT molecular complexity index is 143. The molecule has 0 aliphatic carbocycles. The molecule has 0 saturated carbocycles. The molecule has 0 aromatic carbocycles. The van der Waals surface area contributed by atoms with Gasteiger partial charge in [-0.05, 0) is 25.3 Å². The molecule has 0 amide bonds. The van der Waals surface area contributed by atoms with E-state index >= 15 is 0 Å². The molecule has 0 spiro atoms. The van der Waals surface area contributed by atoms with Gasteiger partial charge < -0.3 is 0 Å². The molecule has 36 valence electrons. The molecule has 0 aliphatic heterocycles. The smallest absolute Gasteiger partial charge is 0.125 e. The Morgan fingerprint density at radius 1 is 1.14 bits per heavy atom. The highest BCUT2D eigenvalue weighted by molar-refractivity contribution is 7.85. The highest BCUT2D eigenvalue weighted by Crippen LogP contribution is 2.14. The van der Waals surface area contributed by atoms with E-state index < -0.39 is 0 Å². The van der Waals surface area contributed by atoms with Crippen molar-refractivity contribution in [2.24, 2.45) is 0 Å². The Labute approximate surface area is 55.8 Å². The summed E-state index contributed by atoms with van der Waals surface area (Å²) in [5.41, 5.74) is 0. The first-order valence-electron chi connectivity index (χ1n) is 1.46. The summed E-state index contributed by atoms with van der Waals surface area (Å²) in [6, 6.07) is 0. The first kappa shape index (κ1) is 5.14. The van der Waals surface area contributed by atoms with Gasteiger partial charge in [0.1, 0.15) is 0 Å². The summed E-state index contributed by atoms with van der Waals surface area (Å²) < 4.78 is 1.04. The van der Waals surface area contributed by atoms with Crippen LogP contribution in [-0.2, 0) is 0 Å². The Kier molecular flexibility index (Phi) is 1.36. The minimum absolute atomic E-state index is 0.519. The Morgan fingerprint density at radius 2 is 1.57 bits per heavy atom. The van der Waals surface area contributed by atoms with Gasteiger partial charge in [0, 0.05) is 0 Å². The second kappa shape index (κ2) is 1.85. The van der Waals surface area contributed by atoms with Gasteiger partial charge >= 0.3 is 0 Å². The molecule has 1 aromatic heterocycles. The Balaban J connectivity index is 3.04. The van der Waals surface area contributed by atoms with E-state index in [0.717, 1.165) is 0 Å². The minimum atomic E-state index is 0.519. The van der Waals surface area contributed by atoms with E-state index in [4.69, 9.17) is 0 Å². The number of hydrogen-bond acceptors (Lipinski definition) is 3. The highest BCUT2D eigenvalue weighted by Gasteiger charge is 1.93. The summed E-state index contributed by atoms with van der Waals surface area (Å²) in [5.74, 6) is 0. The van der Waals surface area contributed by atoms with Crippen LogP contribution in [0.5, 0.6) is 0 Å². The van der Waals surface area contributed by atoms with Gasteiger partial charge in [-0.15, -0.1) is 10.2 Å². The fourth-order valence-electron chi connectivity index (χ4n) is 0.197. The van der Waals surface area contributed by atoms with Crippen molar-refractivity contribution in [1.29, 1.82) is 0 Å². The molecule has 0 saturated heterocycles. The largest absolute Gasteiger partial charge is 0.205 e. The Morgan fingerprint density at radius 3 is 1.71 bits per heavy atom. The molecule has 0 unspecified atom stereocenters. The summed E-state index contributed by atoms with van der Waals surface area (Å²) >= 11 is 10.5. The first-order valence-corrected chi connectivity index (χ1v) is 3.10. The fourth-order valence-corrected chi connectivity index (χ4v) is 1.22. The van der Waals surface area contributed by atoms with Crippen molar-refractivity contribution in [2.45, 2.75) is 8.68 Å². The third-order valence-corrected chi connectivity index (χ3v) is 1.56. The minimum Gasteiger partial charge on any atom is -0.125 e. The molecule has 0 bridgehead atoms. The predicted molar refractivity (Wildman–Crippen MR) is 31.6 cm³/mol. The van der Waals surface area contributed by atoms with Crippen LogP contribution in [0.2, 0.25) is 0 Å². The van der Waals surface area contributed by atoms with E-state index in [1.54, 1.807) is 0 Å². The summed E-state index contributed by atoms with van der Waals surface area (Å²) in [7, 11) is 0. The van der Waals surface area contributed by atoms with E-state index in [1.165, 1.54) is 11.3 Å². The van der Waals surface area contributed by atoms with Crippen LogP contribution in [0.15, 0.2) is 8.68 Å². The molecule has 5 heteroatoms. The topological polar surface area (TPSA) is 25.8 Å². The van der Waals surface area contributed by atoms with Crippen LogP contribution < -0.4 is 0 Å². The van der Waals surface area contributed by atoms with Crippen LogP contribution in [0.25, 0.3) is 0 Å². The van der Waals surface area contributed by atoms with Gasteiger partial charge in [0.25, 0.3) is 0 Å². The van der Waals surface area contributed by atoms with Crippen LogP contribution in [0.1, 0.15) is 0 Å². The lowest BCUT2D eigenvalue weighted by Gasteiger charge is -1.60. The zero-order valence-corrected chi connectivity index (χ0v) is 5.57. The fraction of sp³-hybridized carbons (Fsp3) is 0. The lowest BCUT2D eigenvalue weighted by Crippen LogP contribution is -1.62. The quantitative estimate of drug-likeness (QED) is 0.559. The highest BCUT2D eigenvalue weighted by atomic mass is 32.2. The molecular formula is C2N2S3. The van der Waals surface area contributed by atoms with Crippen molar-refractivity contribution in [3.8, 4) is 0 Å². The van der Waals surface area contributed by atoms with Crippen LogP contribution >= 0.6 is 36.6 Å². The number of aromatic nitrogens is 2. The second-order valence-corrected chi connectivity index (χ2v) is 3.10. The lowest BCUT2D eigenvalue weighted by molar-refractivity contribution is 0.960. The van der Waals surface area contributed by atoms with Crippen molar-refractivity contribution >= 4 is 36.6 Å². The van der Waals surface area contributed by atoms with Crippen molar-refractivity contribution < 1.29 is 0 Å². The second-order valence-electron chi connectivity index (χ2n) is 0.834. The third kappa shape index (κ3) is 1.19. The van der Waals surface area contributed by atoms with Gasteiger partial charge in [0.15, 0.2) is 0 Å². The number of nitrogens with zero attached hydrogens (tertiary/aromatic N) is 2. The average molecular weight is 148 g/mol. The van der Waals surface area contributed by atoms with Crippen LogP contribution in [-0.4, -0.2) is 10.2 Å². The summed E-state index contributed by atoms with van der Waals surface area (Å²) in [6.45, 7) is 0. The molecule has 1 rings (SSSR count). The van der Waals surface area contributed by atoms with E-state index in [-0.39, 0.29) is 0 Å². The van der Waals surface area contributed by atoms with Crippen LogP contribution in [0.3, 0.4) is 0 Å². The molecule has 0 atom stereocenters. The lowest BCUT2D eigenvalue weighted by atomic mass is 11.6. The van der Waals surface area contributed by atoms with Crippen molar-refractivity contribution in [2.75, 3.05) is 0 Å². The van der Waals surface area contributed by atoms with E-state index in [1.807, 2.05) is 0 Å². The Hall–Kier alpha value is -0.0000000000000000555. The average Bonchev–Trinajstić information content (AvgIpc) is 1.87. The molecule has 0 N–H and O–H groups in total. The van der Waals surface area contributed by atoms with Crippen molar-refractivity contribution in [3.63, 3.8) is 0 Å². The van der Waals surface area contributed by atoms with Gasteiger partial charge in [0.2, 0.25) is 8.68 Å². The molecule has 2 radical (unpaired) electrons. The van der Waals surface area contributed by atoms with Gasteiger partial charge in [0.05, 0.1) is 0 Å². The number of hydrogen-bond donors (Lipinski definition) is 0.